The van der Waals surface area contributed by atoms with Crippen molar-refractivity contribution in [2.75, 3.05) is 24.3 Å². The molecule has 1 heterocycles. The summed E-state index contributed by atoms with van der Waals surface area (Å²) in [6.07, 6.45) is 8.15. The topological polar surface area (TPSA) is 68.0 Å². The third kappa shape index (κ3) is 6.16. The van der Waals surface area contributed by atoms with Gasteiger partial charge in [-0.15, -0.1) is 0 Å². The maximum atomic E-state index is 11.8. The minimum absolute atomic E-state index is 0.154. The van der Waals surface area contributed by atoms with Gasteiger partial charge in [0, 0.05) is 12.7 Å². The SMILES string of the molecule is CSCCCCCCNC(=O)c1cnc(N)c(Cl)c1. The maximum absolute atomic E-state index is 11.8. The number of hydrogen-bond donors (Lipinski definition) is 2. The van der Waals surface area contributed by atoms with Crippen LogP contribution in [-0.4, -0.2) is 29.4 Å². The van der Waals surface area contributed by atoms with E-state index in [2.05, 4.69) is 16.6 Å². The smallest absolute Gasteiger partial charge is 0.252 e. The van der Waals surface area contributed by atoms with E-state index in [-0.39, 0.29) is 11.7 Å². The number of nitrogens with two attached hydrogens (primary N) is 1. The van der Waals surface area contributed by atoms with E-state index in [0.29, 0.717) is 17.1 Å². The van der Waals surface area contributed by atoms with Gasteiger partial charge in [0.15, 0.2) is 0 Å². The van der Waals surface area contributed by atoms with Crippen molar-refractivity contribution in [3.8, 4) is 0 Å². The minimum atomic E-state index is -0.154. The molecule has 1 amide bonds. The Hall–Kier alpha value is -0.940. The third-order valence-corrected chi connectivity index (χ3v) is 3.69. The molecule has 0 aliphatic carbocycles. The summed E-state index contributed by atoms with van der Waals surface area (Å²) in [6.45, 7) is 0.681. The summed E-state index contributed by atoms with van der Waals surface area (Å²) in [7, 11) is 0. The highest BCUT2D eigenvalue weighted by molar-refractivity contribution is 7.98. The molecule has 0 aromatic carbocycles. The van der Waals surface area contributed by atoms with Gasteiger partial charge in [-0.1, -0.05) is 24.4 Å². The number of amides is 1. The first-order valence-electron chi connectivity index (χ1n) is 6.33. The standard InChI is InChI=1S/C13H20ClN3OS/c1-19-7-5-3-2-4-6-16-13(18)10-8-11(14)12(15)17-9-10/h8-9H,2-7H2,1H3,(H2,15,17)(H,16,18). The maximum Gasteiger partial charge on any atom is 0.252 e. The second-order valence-electron chi connectivity index (χ2n) is 4.25. The van der Waals surface area contributed by atoms with E-state index in [4.69, 9.17) is 17.3 Å². The summed E-state index contributed by atoms with van der Waals surface area (Å²) >= 11 is 7.69. The minimum Gasteiger partial charge on any atom is -0.382 e. The normalized spacial score (nSPS) is 10.4. The van der Waals surface area contributed by atoms with Crippen LogP contribution in [0.4, 0.5) is 5.82 Å². The lowest BCUT2D eigenvalue weighted by Gasteiger charge is -2.06. The Balaban J connectivity index is 2.22. The van der Waals surface area contributed by atoms with Crippen LogP contribution in [0.15, 0.2) is 12.3 Å². The number of unbranched alkanes of at least 4 members (excludes halogenated alkanes) is 3. The van der Waals surface area contributed by atoms with Crippen molar-refractivity contribution in [2.45, 2.75) is 25.7 Å². The summed E-state index contributed by atoms with van der Waals surface area (Å²) in [5, 5.41) is 3.16. The number of carbonyl (C=O) groups excluding carboxylic acids is 1. The van der Waals surface area contributed by atoms with Crippen molar-refractivity contribution < 1.29 is 4.79 Å². The fourth-order valence-electron chi connectivity index (χ4n) is 1.60. The number of nitrogen functional groups attached to an aromatic ring is 1. The largest absolute Gasteiger partial charge is 0.382 e. The van der Waals surface area contributed by atoms with Gasteiger partial charge in [-0.05, 0) is 30.9 Å². The van der Waals surface area contributed by atoms with E-state index < -0.39 is 0 Å². The van der Waals surface area contributed by atoms with Crippen LogP contribution in [0, 0.1) is 0 Å². The third-order valence-electron chi connectivity index (χ3n) is 2.69. The number of nitrogens with one attached hydrogen (secondary N) is 1. The van der Waals surface area contributed by atoms with Crippen LogP contribution in [0.25, 0.3) is 0 Å². The molecule has 19 heavy (non-hydrogen) atoms. The number of pyridine rings is 1. The van der Waals surface area contributed by atoms with Crippen molar-refractivity contribution in [1.29, 1.82) is 0 Å². The number of carbonyl (C=O) groups is 1. The van der Waals surface area contributed by atoms with Crippen molar-refractivity contribution in [2.24, 2.45) is 0 Å². The Labute approximate surface area is 123 Å². The molecule has 0 spiro atoms. The number of aromatic nitrogens is 1. The molecule has 0 aliphatic rings. The van der Waals surface area contributed by atoms with Gasteiger partial charge in [0.2, 0.25) is 0 Å². The Morgan fingerprint density at radius 1 is 1.42 bits per heavy atom. The predicted molar refractivity (Wildman–Crippen MR) is 82.8 cm³/mol. The summed E-state index contributed by atoms with van der Waals surface area (Å²) in [6, 6.07) is 1.54. The second kappa shape index (κ2) is 9.04. The zero-order valence-corrected chi connectivity index (χ0v) is 12.7. The number of halogens is 1. The zero-order valence-electron chi connectivity index (χ0n) is 11.1. The van der Waals surface area contributed by atoms with Gasteiger partial charge >= 0.3 is 0 Å². The van der Waals surface area contributed by atoms with Crippen LogP contribution >= 0.6 is 23.4 Å². The van der Waals surface area contributed by atoms with Crippen molar-refractivity contribution >= 4 is 35.1 Å². The van der Waals surface area contributed by atoms with Gasteiger partial charge in [0.05, 0.1) is 10.6 Å². The highest BCUT2D eigenvalue weighted by Crippen LogP contribution is 2.16. The van der Waals surface area contributed by atoms with Crippen molar-refractivity contribution in [3.05, 3.63) is 22.8 Å². The summed E-state index contributed by atoms with van der Waals surface area (Å²) in [5.41, 5.74) is 5.94. The van der Waals surface area contributed by atoms with E-state index in [9.17, 15) is 4.79 Å². The molecule has 0 saturated heterocycles. The molecule has 6 heteroatoms. The van der Waals surface area contributed by atoms with Gasteiger partial charge in [-0.3, -0.25) is 4.79 Å². The molecule has 0 unspecified atom stereocenters. The summed E-state index contributed by atoms with van der Waals surface area (Å²) < 4.78 is 0. The van der Waals surface area contributed by atoms with E-state index in [1.807, 2.05) is 11.8 Å². The molecule has 1 aromatic rings. The Morgan fingerprint density at radius 3 is 2.84 bits per heavy atom. The molecule has 0 radical (unpaired) electrons. The fraction of sp³-hybridized carbons (Fsp3) is 0.538. The van der Waals surface area contributed by atoms with Gasteiger partial charge < -0.3 is 11.1 Å². The van der Waals surface area contributed by atoms with Crippen LogP contribution in [0.2, 0.25) is 5.02 Å². The van der Waals surface area contributed by atoms with E-state index in [1.54, 1.807) is 0 Å². The Kier molecular flexibility index (Phi) is 7.67. The molecule has 0 saturated carbocycles. The summed E-state index contributed by atoms with van der Waals surface area (Å²) in [4.78, 5) is 15.7. The van der Waals surface area contributed by atoms with E-state index in [0.717, 1.165) is 12.8 Å². The number of thioether (sulfide) groups is 1. The number of rotatable bonds is 8. The summed E-state index contributed by atoms with van der Waals surface area (Å²) in [5.74, 6) is 1.30. The molecule has 0 aliphatic heterocycles. The first-order valence-corrected chi connectivity index (χ1v) is 8.10. The lowest BCUT2D eigenvalue weighted by Crippen LogP contribution is -2.24. The molecule has 0 bridgehead atoms. The number of anilines is 1. The van der Waals surface area contributed by atoms with Crippen LogP contribution < -0.4 is 11.1 Å². The quantitative estimate of drug-likeness (QED) is 0.724. The molecule has 4 nitrogen and oxygen atoms in total. The van der Waals surface area contributed by atoms with Gasteiger partial charge in [-0.25, -0.2) is 4.98 Å². The first-order chi connectivity index (χ1) is 9.15. The lowest BCUT2D eigenvalue weighted by atomic mass is 10.2. The van der Waals surface area contributed by atoms with Crippen LogP contribution in [-0.2, 0) is 0 Å². The fourth-order valence-corrected chi connectivity index (χ4v) is 2.26. The molecule has 0 fully saturated rings. The predicted octanol–water partition coefficient (Wildman–Crippen LogP) is 2.97. The van der Waals surface area contributed by atoms with Gasteiger partial charge in [-0.2, -0.15) is 11.8 Å². The highest BCUT2D eigenvalue weighted by Gasteiger charge is 2.07. The Bertz CT molecular complexity index is 415. The Morgan fingerprint density at radius 2 is 2.16 bits per heavy atom. The molecule has 3 N–H and O–H groups in total. The molecule has 1 rings (SSSR count). The monoisotopic (exact) mass is 301 g/mol. The van der Waals surface area contributed by atoms with Crippen molar-refractivity contribution in [1.82, 2.24) is 10.3 Å². The van der Waals surface area contributed by atoms with E-state index in [1.165, 1.54) is 30.9 Å². The van der Waals surface area contributed by atoms with Gasteiger partial charge in [0.25, 0.3) is 5.91 Å². The van der Waals surface area contributed by atoms with Crippen molar-refractivity contribution in [3.63, 3.8) is 0 Å². The average Bonchev–Trinajstić information content (AvgIpc) is 2.40. The van der Waals surface area contributed by atoms with Crippen LogP contribution in [0.5, 0.6) is 0 Å². The average molecular weight is 302 g/mol. The molecular formula is C13H20ClN3OS. The second-order valence-corrected chi connectivity index (χ2v) is 5.65. The zero-order chi connectivity index (χ0) is 14.1. The van der Waals surface area contributed by atoms with Gasteiger partial charge in [0.1, 0.15) is 5.82 Å². The van der Waals surface area contributed by atoms with Crippen LogP contribution in [0.3, 0.4) is 0 Å². The van der Waals surface area contributed by atoms with Crippen LogP contribution in [0.1, 0.15) is 36.0 Å². The molecular weight excluding hydrogens is 282 g/mol. The highest BCUT2D eigenvalue weighted by atomic mass is 35.5. The molecule has 1 aromatic heterocycles. The molecule has 106 valence electrons. The lowest BCUT2D eigenvalue weighted by molar-refractivity contribution is 0.0952. The first kappa shape index (κ1) is 16.1. The number of nitrogens with zero attached hydrogens (tertiary/aromatic N) is 1. The number of hydrogen-bond acceptors (Lipinski definition) is 4. The van der Waals surface area contributed by atoms with E-state index >= 15 is 0 Å². The molecule has 0 atom stereocenters.